The quantitative estimate of drug-likeness (QED) is 0.551. The number of hydrogen-bond donors (Lipinski definition) is 1. The molecule has 1 N–H and O–H groups in total. The van der Waals surface area contributed by atoms with Gasteiger partial charge in [-0.1, -0.05) is 5.16 Å². The number of methoxy groups -OCH3 is 1. The van der Waals surface area contributed by atoms with E-state index in [1.807, 2.05) is 0 Å². The van der Waals surface area contributed by atoms with Gasteiger partial charge in [0, 0.05) is 29.8 Å². The van der Waals surface area contributed by atoms with Gasteiger partial charge in [0.1, 0.15) is 18.0 Å². The van der Waals surface area contributed by atoms with Crippen LogP contribution in [0.2, 0.25) is 0 Å². The maximum absolute atomic E-state index is 12.2. The first-order valence-electron chi connectivity index (χ1n) is 8.41. The molecular formula is C19H16N6O3. The van der Waals surface area contributed by atoms with E-state index in [1.54, 1.807) is 73.0 Å². The van der Waals surface area contributed by atoms with Crippen LogP contribution >= 0.6 is 0 Å². The average molecular weight is 376 g/mol. The number of imidazole rings is 1. The minimum absolute atomic E-state index is 0.105. The van der Waals surface area contributed by atoms with Crippen molar-refractivity contribution in [2.24, 2.45) is 0 Å². The molecule has 0 saturated carbocycles. The molecule has 140 valence electrons. The summed E-state index contributed by atoms with van der Waals surface area (Å²) in [6, 6.07) is 10.7. The number of aromatic nitrogens is 5. The van der Waals surface area contributed by atoms with Crippen molar-refractivity contribution in [1.29, 1.82) is 0 Å². The van der Waals surface area contributed by atoms with Crippen molar-refractivity contribution in [3.8, 4) is 28.7 Å². The van der Waals surface area contributed by atoms with Crippen LogP contribution in [-0.2, 0) is 11.3 Å². The van der Waals surface area contributed by atoms with Gasteiger partial charge in [-0.15, -0.1) is 0 Å². The molecule has 0 aliphatic carbocycles. The highest BCUT2D eigenvalue weighted by Crippen LogP contribution is 2.20. The Kier molecular flexibility index (Phi) is 4.79. The molecule has 3 aromatic heterocycles. The van der Waals surface area contributed by atoms with E-state index in [-0.39, 0.29) is 12.5 Å². The first kappa shape index (κ1) is 17.4. The zero-order valence-corrected chi connectivity index (χ0v) is 14.9. The third kappa shape index (κ3) is 3.88. The number of ether oxygens (including phenoxy) is 1. The monoisotopic (exact) mass is 376 g/mol. The van der Waals surface area contributed by atoms with Gasteiger partial charge in [0.2, 0.25) is 11.7 Å². The van der Waals surface area contributed by atoms with E-state index in [1.165, 1.54) is 0 Å². The molecule has 0 fully saturated rings. The number of hydrogen-bond acceptors (Lipinski definition) is 7. The second-order valence-corrected chi connectivity index (χ2v) is 5.87. The Balaban J connectivity index is 1.41. The number of nitrogens with zero attached hydrogens (tertiary/aromatic N) is 5. The van der Waals surface area contributed by atoms with Crippen LogP contribution in [0.25, 0.3) is 23.0 Å². The van der Waals surface area contributed by atoms with Crippen molar-refractivity contribution < 1.29 is 14.1 Å². The van der Waals surface area contributed by atoms with Gasteiger partial charge < -0.3 is 19.1 Å². The van der Waals surface area contributed by atoms with Crippen LogP contribution in [0.3, 0.4) is 0 Å². The summed E-state index contributed by atoms with van der Waals surface area (Å²) in [5, 5.41) is 6.76. The minimum atomic E-state index is -0.181. The first-order chi connectivity index (χ1) is 13.7. The standard InChI is InChI=1S/C19H16N6O3/c1-27-15-4-2-14(3-5-15)22-17(26)11-25-10-16(21-12-25)18-23-19(28-24-18)13-6-8-20-9-7-13/h2-10,12H,11H2,1H3,(H,22,26). The van der Waals surface area contributed by atoms with Gasteiger partial charge in [-0.05, 0) is 36.4 Å². The third-order valence-corrected chi connectivity index (χ3v) is 3.92. The van der Waals surface area contributed by atoms with E-state index in [9.17, 15) is 4.79 Å². The van der Waals surface area contributed by atoms with Crippen molar-refractivity contribution in [1.82, 2.24) is 24.7 Å². The molecule has 1 amide bonds. The van der Waals surface area contributed by atoms with E-state index in [4.69, 9.17) is 9.26 Å². The lowest BCUT2D eigenvalue weighted by Gasteiger charge is -2.06. The fraction of sp³-hybridized carbons (Fsp3) is 0.105. The molecule has 4 rings (SSSR count). The van der Waals surface area contributed by atoms with Gasteiger partial charge in [-0.3, -0.25) is 9.78 Å². The Bertz CT molecular complexity index is 1070. The maximum atomic E-state index is 12.2. The molecule has 0 saturated heterocycles. The fourth-order valence-corrected chi connectivity index (χ4v) is 2.54. The SMILES string of the molecule is COc1ccc(NC(=O)Cn2cnc(-c3noc(-c4ccncc4)n3)c2)cc1. The summed E-state index contributed by atoms with van der Waals surface area (Å²) in [7, 11) is 1.59. The van der Waals surface area contributed by atoms with Crippen LogP contribution in [-0.4, -0.2) is 37.7 Å². The molecule has 0 unspecified atom stereocenters. The second kappa shape index (κ2) is 7.70. The van der Waals surface area contributed by atoms with Crippen molar-refractivity contribution in [2.45, 2.75) is 6.54 Å². The fourth-order valence-electron chi connectivity index (χ4n) is 2.54. The van der Waals surface area contributed by atoms with Gasteiger partial charge in [0.05, 0.1) is 13.4 Å². The number of rotatable bonds is 6. The largest absolute Gasteiger partial charge is 0.497 e. The molecule has 28 heavy (non-hydrogen) atoms. The zero-order chi connectivity index (χ0) is 19.3. The van der Waals surface area contributed by atoms with Crippen LogP contribution in [0.15, 0.2) is 65.8 Å². The summed E-state index contributed by atoms with van der Waals surface area (Å²) in [4.78, 5) is 24.8. The lowest BCUT2D eigenvalue weighted by Crippen LogP contribution is -2.17. The summed E-state index contributed by atoms with van der Waals surface area (Å²) in [6.45, 7) is 0.105. The Hall–Kier alpha value is -4.01. The summed E-state index contributed by atoms with van der Waals surface area (Å²) < 4.78 is 12.0. The second-order valence-electron chi connectivity index (χ2n) is 5.87. The zero-order valence-electron chi connectivity index (χ0n) is 14.9. The molecule has 0 atom stereocenters. The molecule has 0 aliphatic heterocycles. The lowest BCUT2D eigenvalue weighted by atomic mass is 10.3. The van der Waals surface area contributed by atoms with Crippen molar-refractivity contribution in [3.05, 3.63) is 61.3 Å². The smallest absolute Gasteiger partial charge is 0.258 e. The number of nitrogens with one attached hydrogen (secondary N) is 1. The predicted octanol–water partition coefficient (Wildman–Crippen LogP) is 2.64. The topological polar surface area (TPSA) is 108 Å². The summed E-state index contributed by atoms with van der Waals surface area (Å²) in [6.07, 6.45) is 6.53. The van der Waals surface area contributed by atoms with Gasteiger partial charge in [0.25, 0.3) is 5.89 Å². The Labute approximate surface area is 160 Å². The van der Waals surface area contributed by atoms with Gasteiger partial charge >= 0.3 is 0 Å². The van der Waals surface area contributed by atoms with Crippen LogP contribution in [0, 0.1) is 0 Å². The molecule has 0 aliphatic rings. The summed E-state index contributed by atoms with van der Waals surface area (Å²) >= 11 is 0. The summed E-state index contributed by atoms with van der Waals surface area (Å²) in [5.74, 6) is 1.27. The summed E-state index contributed by atoms with van der Waals surface area (Å²) in [5.41, 5.74) is 1.97. The molecule has 0 spiro atoms. The van der Waals surface area contributed by atoms with E-state index in [0.717, 1.165) is 11.3 Å². The van der Waals surface area contributed by atoms with E-state index in [0.29, 0.717) is 23.1 Å². The Morgan fingerprint density at radius 2 is 1.96 bits per heavy atom. The van der Waals surface area contributed by atoms with Gasteiger partial charge in [-0.2, -0.15) is 4.98 Å². The molecule has 0 bridgehead atoms. The van der Waals surface area contributed by atoms with E-state index in [2.05, 4.69) is 25.4 Å². The Morgan fingerprint density at radius 1 is 1.18 bits per heavy atom. The van der Waals surface area contributed by atoms with Gasteiger partial charge in [-0.25, -0.2) is 4.98 Å². The van der Waals surface area contributed by atoms with Crippen LogP contribution < -0.4 is 10.1 Å². The highest BCUT2D eigenvalue weighted by Gasteiger charge is 2.13. The van der Waals surface area contributed by atoms with Crippen LogP contribution in [0.5, 0.6) is 5.75 Å². The molecule has 9 nitrogen and oxygen atoms in total. The third-order valence-electron chi connectivity index (χ3n) is 3.92. The Morgan fingerprint density at radius 3 is 2.71 bits per heavy atom. The highest BCUT2D eigenvalue weighted by molar-refractivity contribution is 5.90. The number of benzene rings is 1. The van der Waals surface area contributed by atoms with Crippen molar-refractivity contribution >= 4 is 11.6 Å². The van der Waals surface area contributed by atoms with Crippen LogP contribution in [0.1, 0.15) is 0 Å². The number of pyridine rings is 1. The number of carbonyl (C=O) groups is 1. The van der Waals surface area contributed by atoms with Crippen LogP contribution in [0.4, 0.5) is 5.69 Å². The minimum Gasteiger partial charge on any atom is -0.497 e. The lowest BCUT2D eigenvalue weighted by molar-refractivity contribution is -0.116. The van der Waals surface area contributed by atoms with Gasteiger partial charge in [0.15, 0.2) is 0 Å². The van der Waals surface area contributed by atoms with E-state index < -0.39 is 0 Å². The molecule has 1 aromatic carbocycles. The maximum Gasteiger partial charge on any atom is 0.258 e. The van der Waals surface area contributed by atoms with Crippen molar-refractivity contribution in [2.75, 3.05) is 12.4 Å². The van der Waals surface area contributed by atoms with E-state index >= 15 is 0 Å². The molecule has 4 aromatic rings. The molecule has 3 heterocycles. The number of amides is 1. The predicted molar refractivity (Wildman–Crippen MR) is 100 cm³/mol. The number of carbonyl (C=O) groups excluding carboxylic acids is 1. The average Bonchev–Trinajstić information content (AvgIpc) is 3.39. The highest BCUT2D eigenvalue weighted by atomic mass is 16.5. The number of anilines is 1. The van der Waals surface area contributed by atoms with Crippen molar-refractivity contribution in [3.63, 3.8) is 0 Å². The molecular weight excluding hydrogens is 360 g/mol. The molecule has 0 radical (unpaired) electrons. The normalized spacial score (nSPS) is 10.6. The molecule has 9 heteroatoms. The first-order valence-corrected chi connectivity index (χ1v) is 8.41.